The Morgan fingerprint density at radius 1 is 1.37 bits per heavy atom. The van der Waals surface area contributed by atoms with Gasteiger partial charge in [-0.15, -0.1) is 0 Å². The number of esters is 1. The number of ether oxygens (including phenoxy) is 2. The van der Waals surface area contributed by atoms with Crippen molar-refractivity contribution in [3.8, 4) is 0 Å². The smallest absolute Gasteiger partial charge is 0.414 e. The Bertz CT molecular complexity index is 381. The molecule has 0 bridgehead atoms. The minimum Gasteiger partial charge on any atom is -0.465 e. The molecule has 0 N–H and O–H groups in total. The van der Waals surface area contributed by atoms with Crippen LogP contribution in [0.2, 0.25) is 0 Å². The van der Waals surface area contributed by atoms with E-state index in [2.05, 4.69) is 0 Å². The van der Waals surface area contributed by atoms with Gasteiger partial charge < -0.3 is 9.47 Å². The molecule has 0 saturated heterocycles. The van der Waals surface area contributed by atoms with Crippen molar-refractivity contribution >= 4 is 12.1 Å². The number of amides is 1. The van der Waals surface area contributed by atoms with Crippen LogP contribution in [0.3, 0.4) is 0 Å². The van der Waals surface area contributed by atoms with Crippen molar-refractivity contribution in [2.75, 3.05) is 13.2 Å². The maximum absolute atomic E-state index is 12.0. The molecular formula is C14H23NO4. The number of hydrogen-bond acceptors (Lipinski definition) is 4. The van der Waals surface area contributed by atoms with E-state index in [9.17, 15) is 9.59 Å². The Kier molecular flexibility index (Phi) is 4.97. The highest BCUT2D eigenvalue weighted by Gasteiger charge is 2.34. The molecule has 1 unspecified atom stereocenters. The maximum atomic E-state index is 12.0. The van der Waals surface area contributed by atoms with E-state index in [-0.39, 0.29) is 11.9 Å². The second-order valence-corrected chi connectivity index (χ2v) is 5.49. The Balaban J connectivity index is 2.73. The quantitative estimate of drug-likeness (QED) is 0.739. The fraction of sp³-hybridized carbons (Fsp3) is 0.714. The van der Waals surface area contributed by atoms with Gasteiger partial charge >= 0.3 is 12.1 Å². The third-order valence-corrected chi connectivity index (χ3v) is 2.76. The zero-order valence-electron chi connectivity index (χ0n) is 12.4. The van der Waals surface area contributed by atoms with E-state index in [1.54, 1.807) is 13.1 Å². The van der Waals surface area contributed by atoms with Crippen LogP contribution in [0, 0.1) is 5.92 Å². The van der Waals surface area contributed by atoms with E-state index < -0.39 is 11.7 Å². The molecule has 1 heterocycles. The third kappa shape index (κ3) is 4.26. The first kappa shape index (κ1) is 15.5. The fourth-order valence-electron chi connectivity index (χ4n) is 1.91. The van der Waals surface area contributed by atoms with Crippen molar-refractivity contribution in [3.05, 3.63) is 11.8 Å². The minimum atomic E-state index is -0.542. The molecule has 1 rings (SSSR count). The topological polar surface area (TPSA) is 55.8 Å². The van der Waals surface area contributed by atoms with Crippen molar-refractivity contribution in [1.82, 2.24) is 4.90 Å². The summed E-state index contributed by atoms with van der Waals surface area (Å²) in [6.07, 6.45) is 1.99. The van der Waals surface area contributed by atoms with Gasteiger partial charge in [-0.1, -0.05) is 6.92 Å². The van der Waals surface area contributed by atoms with Crippen LogP contribution in [-0.2, 0) is 14.3 Å². The summed E-state index contributed by atoms with van der Waals surface area (Å²) in [4.78, 5) is 25.2. The van der Waals surface area contributed by atoms with Crippen LogP contribution in [-0.4, -0.2) is 35.7 Å². The van der Waals surface area contributed by atoms with E-state index in [0.717, 1.165) is 5.57 Å². The molecule has 1 aliphatic rings. The summed E-state index contributed by atoms with van der Waals surface area (Å²) in [5.41, 5.74) is 0.364. The zero-order valence-corrected chi connectivity index (χ0v) is 12.4. The fourth-order valence-corrected chi connectivity index (χ4v) is 1.91. The second kappa shape index (κ2) is 6.08. The Hall–Kier alpha value is -1.52. The summed E-state index contributed by atoms with van der Waals surface area (Å²) in [6.45, 7) is 9.82. The highest BCUT2D eigenvalue weighted by molar-refractivity contribution is 5.79. The predicted octanol–water partition coefficient (Wildman–Crippen LogP) is 2.71. The lowest BCUT2D eigenvalue weighted by molar-refractivity contribution is -0.146. The molecule has 0 fully saturated rings. The normalized spacial score (nSPS) is 19.1. The Morgan fingerprint density at radius 2 is 2.00 bits per heavy atom. The molecule has 0 aromatic carbocycles. The Labute approximate surface area is 114 Å². The molecule has 0 aliphatic carbocycles. The first-order valence-electron chi connectivity index (χ1n) is 6.65. The van der Waals surface area contributed by atoms with Crippen LogP contribution in [0.4, 0.5) is 4.79 Å². The van der Waals surface area contributed by atoms with Crippen LogP contribution in [0.15, 0.2) is 11.8 Å². The average molecular weight is 269 g/mol. The van der Waals surface area contributed by atoms with Crippen LogP contribution in [0.1, 0.15) is 41.0 Å². The van der Waals surface area contributed by atoms with Crippen LogP contribution in [0.25, 0.3) is 0 Å². The molecule has 5 nitrogen and oxygen atoms in total. The van der Waals surface area contributed by atoms with Crippen molar-refractivity contribution in [2.24, 2.45) is 5.92 Å². The van der Waals surface area contributed by atoms with E-state index in [0.29, 0.717) is 19.6 Å². The number of rotatable bonds is 3. The van der Waals surface area contributed by atoms with Crippen molar-refractivity contribution in [2.45, 2.75) is 46.6 Å². The predicted molar refractivity (Wildman–Crippen MR) is 71.4 cm³/mol. The lowest BCUT2D eigenvalue weighted by Crippen LogP contribution is -2.35. The molecule has 0 aromatic heterocycles. The van der Waals surface area contributed by atoms with Gasteiger partial charge in [0.1, 0.15) is 5.60 Å². The standard InChI is InChI=1S/C14H23NO4/c1-6-10-8-15(13(17)19-14(3,4)5)9-11(10)12(16)18-7-2/h8,11H,6-7,9H2,1-5H3. The first-order chi connectivity index (χ1) is 8.78. The van der Waals surface area contributed by atoms with Gasteiger partial charge in [-0.3, -0.25) is 9.69 Å². The number of carbonyl (C=O) groups is 2. The molecular weight excluding hydrogens is 246 g/mol. The van der Waals surface area contributed by atoms with Gasteiger partial charge in [-0.25, -0.2) is 4.79 Å². The summed E-state index contributed by atoms with van der Waals surface area (Å²) < 4.78 is 10.3. The lowest BCUT2D eigenvalue weighted by atomic mass is 10.0. The summed E-state index contributed by atoms with van der Waals surface area (Å²) in [5, 5.41) is 0. The van der Waals surface area contributed by atoms with Gasteiger partial charge in [0.15, 0.2) is 0 Å². The van der Waals surface area contributed by atoms with E-state index in [1.807, 2.05) is 27.7 Å². The number of carbonyl (C=O) groups excluding carboxylic acids is 2. The Morgan fingerprint density at radius 3 is 2.47 bits per heavy atom. The van der Waals surface area contributed by atoms with Gasteiger partial charge in [0.2, 0.25) is 0 Å². The van der Waals surface area contributed by atoms with Gasteiger partial charge in [0.05, 0.1) is 12.5 Å². The third-order valence-electron chi connectivity index (χ3n) is 2.76. The summed E-state index contributed by atoms with van der Waals surface area (Å²) >= 11 is 0. The molecule has 1 aliphatic heterocycles. The average Bonchev–Trinajstić information content (AvgIpc) is 2.71. The first-order valence-corrected chi connectivity index (χ1v) is 6.65. The molecule has 1 amide bonds. The van der Waals surface area contributed by atoms with Crippen LogP contribution >= 0.6 is 0 Å². The monoisotopic (exact) mass is 269 g/mol. The molecule has 0 saturated carbocycles. The van der Waals surface area contributed by atoms with Crippen molar-refractivity contribution in [3.63, 3.8) is 0 Å². The molecule has 0 radical (unpaired) electrons. The number of nitrogens with zero attached hydrogens (tertiary/aromatic N) is 1. The summed E-state index contributed by atoms with van der Waals surface area (Å²) in [6, 6.07) is 0. The molecule has 1 atom stereocenters. The molecule has 19 heavy (non-hydrogen) atoms. The van der Waals surface area contributed by atoms with Gasteiger partial charge in [-0.05, 0) is 39.7 Å². The van der Waals surface area contributed by atoms with Crippen LogP contribution < -0.4 is 0 Å². The molecule has 5 heteroatoms. The summed E-state index contributed by atoms with van der Waals surface area (Å²) in [5.74, 6) is -0.640. The lowest BCUT2D eigenvalue weighted by Gasteiger charge is -2.23. The maximum Gasteiger partial charge on any atom is 0.414 e. The number of hydrogen-bond donors (Lipinski definition) is 0. The largest absolute Gasteiger partial charge is 0.465 e. The van der Waals surface area contributed by atoms with Crippen molar-refractivity contribution < 1.29 is 19.1 Å². The van der Waals surface area contributed by atoms with E-state index >= 15 is 0 Å². The molecule has 108 valence electrons. The highest BCUT2D eigenvalue weighted by atomic mass is 16.6. The second-order valence-electron chi connectivity index (χ2n) is 5.49. The van der Waals surface area contributed by atoms with E-state index in [1.165, 1.54) is 4.90 Å². The zero-order chi connectivity index (χ0) is 14.6. The summed E-state index contributed by atoms with van der Waals surface area (Å²) in [7, 11) is 0. The van der Waals surface area contributed by atoms with Crippen LogP contribution in [0.5, 0.6) is 0 Å². The minimum absolute atomic E-state index is 0.276. The molecule has 0 aromatic rings. The van der Waals surface area contributed by atoms with Gasteiger partial charge in [0.25, 0.3) is 0 Å². The highest BCUT2D eigenvalue weighted by Crippen LogP contribution is 2.26. The van der Waals surface area contributed by atoms with E-state index in [4.69, 9.17) is 9.47 Å². The van der Waals surface area contributed by atoms with Gasteiger partial charge in [-0.2, -0.15) is 0 Å². The van der Waals surface area contributed by atoms with Gasteiger partial charge in [0, 0.05) is 12.7 Å². The SMILES string of the molecule is CCOC(=O)C1CN(C(=O)OC(C)(C)C)C=C1CC. The van der Waals surface area contributed by atoms with Crippen molar-refractivity contribution in [1.29, 1.82) is 0 Å². The molecule has 0 spiro atoms.